The van der Waals surface area contributed by atoms with Gasteiger partial charge < -0.3 is 0 Å². The van der Waals surface area contributed by atoms with Gasteiger partial charge in [0.05, 0.1) is 16.2 Å². The Morgan fingerprint density at radius 2 is 1.83 bits per heavy atom. The highest BCUT2D eigenvalue weighted by Crippen LogP contribution is 2.45. The van der Waals surface area contributed by atoms with Crippen molar-refractivity contribution in [1.82, 2.24) is 0 Å². The van der Waals surface area contributed by atoms with Crippen molar-refractivity contribution in [1.29, 1.82) is 0 Å². The zero-order valence-corrected chi connectivity index (χ0v) is 13.9. The van der Waals surface area contributed by atoms with E-state index >= 15 is 0 Å². The van der Waals surface area contributed by atoms with Gasteiger partial charge in [0.2, 0.25) is 5.91 Å². The molecule has 1 fully saturated rings. The second-order valence-electron chi connectivity index (χ2n) is 4.87. The molecule has 0 N–H and O–H groups in total. The predicted molar refractivity (Wildman–Crippen MR) is 92.2 cm³/mol. The molecular weight excluding hydrogens is 359 g/mol. The summed E-state index contributed by atoms with van der Waals surface area (Å²) >= 11 is 13.4. The lowest BCUT2D eigenvalue weighted by Gasteiger charge is -2.24. The number of halogens is 2. The number of thioether (sulfide) groups is 1. The summed E-state index contributed by atoms with van der Waals surface area (Å²) in [5, 5.41) is 11.6. The van der Waals surface area contributed by atoms with Gasteiger partial charge in [-0.2, -0.15) is 0 Å². The molecule has 2 aromatic carbocycles. The summed E-state index contributed by atoms with van der Waals surface area (Å²) in [6.45, 7) is 0. The Hall–Kier alpha value is -1.76. The summed E-state index contributed by atoms with van der Waals surface area (Å²) in [5.41, 5.74) is 0.989. The monoisotopic (exact) mass is 368 g/mol. The second kappa shape index (κ2) is 6.39. The molecule has 118 valence electrons. The first kappa shape index (κ1) is 16.1. The molecule has 0 aliphatic carbocycles. The number of amides is 1. The second-order valence-corrected chi connectivity index (χ2v) is 6.81. The van der Waals surface area contributed by atoms with E-state index in [2.05, 4.69) is 0 Å². The number of nitro benzene ring substituents is 1. The number of hydrogen-bond donors (Lipinski definition) is 0. The van der Waals surface area contributed by atoms with Crippen molar-refractivity contribution in [2.24, 2.45) is 0 Å². The van der Waals surface area contributed by atoms with Gasteiger partial charge in [0, 0.05) is 21.8 Å². The smallest absolute Gasteiger partial charge is 0.275 e. The van der Waals surface area contributed by atoms with Gasteiger partial charge in [-0.1, -0.05) is 35.3 Å². The fourth-order valence-corrected chi connectivity index (χ4v) is 4.20. The van der Waals surface area contributed by atoms with E-state index in [0.717, 1.165) is 0 Å². The van der Waals surface area contributed by atoms with E-state index < -0.39 is 10.3 Å². The van der Waals surface area contributed by atoms with Crippen molar-refractivity contribution in [3.05, 3.63) is 68.2 Å². The molecule has 1 unspecified atom stereocenters. The summed E-state index contributed by atoms with van der Waals surface area (Å²) in [4.78, 5) is 24.6. The molecule has 1 amide bonds. The van der Waals surface area contributed by atoms with Gasteiger partial charge in [-0.3, -0.25) is 19.8 Å². The van der Waals surface area contributed by atoms with Crippen LogP contribution in [0.4, 0.5) is 11.4 Å². The topological polar surface area (TPSA) is 63.4 Å². The average molecular weight is 369 g/mol. The lowest BCUT2D eigenvalue weighted by molar-refractivity contribution is -0.385. The maximum absolute atomic E-state index is 12.3. The molecule has 0 spiro atoms. The molecular formula is C15H10Cl2N2O3S. The number of benzene rings is 2. The fourth-order valence-electron chi connectivity index (χ4n) is 2.47. The highest BCUT2D eigenvalue weighted by molar-refractivity contribution is 8.00. The average Bonchev–Trinajstić information content (AvgIpc) is 2.87. The van der Waals surface area contributed by atoms with Gasteiger partial charge in [-0.05, 0) is 24.3 Å². The van der Waals surface area contributed by atoms with Crippen LogP contribution in [0.1, 0.15) is 10.9 Å². The maximum atomic E-state index is 12.3. The Kier molecular flexibility index (Phi) is 4.48. The molecule has 23 heavy (non-hydrogen) atoms. The summed E-state index contributed by atoms with van der Waals surface area (Å²) in [6, 6.07) is 11.2. The van der Waals surface area contributed by atoms with E-state index in [4.69, 9.17) is 23.2 Å². The lowest BCUT2D eigenvalue weighted by atomic mass is 10.1. The number of nitro groups is 1. The minimum Gasteiger partial charge on any atom is -0.295 e. The van der Waals surface area contributed by atoms with Crippen LogP contribution >= 0.6 is 35.0 Å². The zero-order valence-electron chi connectivity index (χ0n) is 11.6. The van der Waals surface area contributed by atoms with Gasteiger partial charge >= 0.3 is 0 Å². The van der Waals surface area contributed by atoms with Gasteiger partial charge in [0.25, 0.3) is 5.69 Å². The first-order chi connectivity index (χ1) is 11.0. The van der Waals surface area contributed by atoms with Crippen LogP contribution in [0.15, 0.2) is 42.5 Å². The molecule has 1 aliphatic rings. The van der Waals surface area contributed by atoms with Crippen LogP contribution in [0.25, 0.3) is 0 Å². The molecule has 0 radical (unpaired) electrons. The molecule has 2 aromatic rings. The minimum absolute atomic E-state index is 0.0159. The Bertz CT molecular complexity index is 780. The standard InChI is InChI=1S/C15H10Cl2N2O3S/c16-9-5-10(17)7-11(6-9)18-14(20)8-23-15(18)12-3-1-2-4-13(12)19(21)22/h1-7,15H,8H2. The number of carbonyl (C=O) groups excluding carboxylic acids is 1. The van der Waals surface area contributed by atoms with Crippen molar-refractivity contribution in [2.45, 2.75) is 5.37 Å². The number of nitrogens with zero attached hydrogens (tertiary/aromatic N) is 2. The first-order valence-corrected chi connectivity index (χ1v) is 8.41. The van der Waals surface area contributed by atoms with E-state index in [1.807, 2.05) is 0 Å². The van der Waals surface area contributed by atoms with E-state index in [0.29, 0.717) is 21.3 Å². The van der Waals surface area contributed by atoms with E-state index in [1.54, 1.807) is 36.4 Å². The SMILES string of the molecule is O=C1CSC(c2ccccc2[N+](=O)[O-])N1c1cc(Cl)cc(Cl)c1. The fraction of sp³-hybridized carbons (Fsp3) is 0.133. The number of anilines is 1. The van der Waals surface area contributed by atoms with Crippen LogP contribution in [-0.2, 0) is 4.79 Å². The third-order valence-electron chi connectivity index (χ3n) is 3.39. The minimum atomic E-state index is -0.487. The molecule has 0 bridgehead atoms. The zero-order chi connectivity index (χ0) is 16.6. The molecule has 1 aliphatic heterocycles. The highest BCUT2D eigenvalue weighted by atomic mass is 35.5. The summed E-state index contributed by atoms with van der Waals surface area (Å²) in [6.07, 6.45) is 0. The van der Waals surface area contributed by atoms with Crippen molar-refractivity contribution in [3.63, 3.8) is 0 Å². The molecule has 3 rings (SSSR count). The van der Waals surface area contributed by atoms with E-state index in [1.165, 1.54) is 22.7 Å². The molecule has 1 atom stereocenters. The van der Waals surface area contributed by atoms with Crippen LogP contribution in [0.5, 0.6) is 0 Å². The van der Waals surface area contributed by atoms with E-state index in [9.17, 15) is 14.9 Å². The third kappa shape index (κ3) is 3.15. The maximum Gasteiger partial charge on any atom is 0.275 e. The largest absolute Gasteiger partial charge is 0.295 e. The summed E-state index contributed by atoms with van der Waals surface area (Å²) in [5.74, 6) is 0.0948. The van der Waals surface area contributed by atoms with Crippen LogP contribution < -0.4 is 4.90 Å². The molecule has 1 saturated heterocycles. The number of para-hydroxylation sites is 1. The number of hydrogen-bond acceptors (Lipinski definition) is 4. The Morgan fingerprint density at radius 3 is 2.48 bits per heavy atom. The Balaban J connectivity index is 2.09. The summed E-state index contributed by atoms with van der Waals surface area (Å²) in [7, 11) is 0. The Morgan fingerprint density at radius 1 is 1.17 bits per heavy atom. The third-order valence-corrected chi connectivity index (χ3v) is 5.02. The van der Waals surface area contributed by atoms with E-state index in [-0.39, 0.29) is 17.3 Å². The predicted octanol–water partition coefficient (Wildman–Crippen LogP) is 4.68. The van der Waals surface area contributed by atoms with Crippen molar-refractivity contribution in [2.75, 3.05) is 10.7 Å². The molecule has 5 nitrogen and oxygen atoms in total. The van der Waals surface area contributed by atoms with Gasteiger partial charge in [0.15, 0.2) is 0 Å². The van der Waals surface area contributed by atoms with Crippen LogP contribution in [-0.4, -0.2) is 16.6 Å². The molecule has 0 aromatic heterocycles. The molecule has 0 saturated carbocycles. The summed E-state index contributed by atoms with van der Waals surface area (Å²) < 4.78 is 0. The number of carbonyl (C=O) groups is 1. The quantitative estimate of drug-likeness (QED) is 0.582. The number of rotatable bonds is 3. The van der Waals surface area contributed by atoms with Gasteiger partial charge in [-0.15, -0.1) is 11.8 Å². The lowest BCUT2D eigenvalue weighted by Crippen LogP contribution is -2.28. The van der Waals surface area contributed by atoms with Crippen LogP contribution in [0, 0.1) is 10.1 Å². The van der Waals surface area contributed by atoms with Crippen LogP contribution in [0.2, 0.25) is 10.0 Å². The highest BCUT2D eigenvalue weighted by Gasteiger charge is 2.37. The molecule has 1 heterocycles. The van der Waals surface area contributed by atoms with Crippen molar-refractivity contribution < 1.29 is 9.72 Å². The van der Waals surface area contributed by atoms with Crippen molar-refractivity contribution >= 4 is 52.2 Å². The molecule has 8 heteroatoms. The normalized spacial score (nSPS) is 17.6. The first-order valence-electron chi connectivity index (χ1n) is 6.60. The van der Waals surface area contributed by atoms with Crippen LogP contribution in [0.3, 0.4) is 0 Å². The Labute approximate surface area is 146 Å². The van der Waals surface area contributed by atoms with Crippen molar-refractivity contribution in [3.8, 4) is 0 Å². The van der Waals surface area contributed by atoms with Gasteiger partial charge in [0.1, 0.15) is 5.37 Å². The van der Waals surface area contributed by atoms with Gasteiger partial charge in [-0.25, -0.2) is 0 Å².